The molecule has 1 atom stereocenters. The Hall–Kier alpha value is -1.30. The van der Waals surface area contributed by atoms with Crippen LogP contribution in [0.25, 0.3) is 0 Å². The average molecular weight is 294 g/mol. The standard InChI is InChI=1S/C16H26N2O3/c17-13-5-7-16(8-6-13)21-12-15(20)11-18(9-2-10-19)14-3-1-4-14/h5-8,14-15,19-20H,1-4,9-12,17H2. The third-order valence-electron chi connectivity index (χ3n) is 3.96. The van der Waals surface area contributed by atoms with Crippen LogP contribution in [-0.2, 0) is 0 Å². The van der Waals surface area contributed by atoms with Crippen LogP contribution in [0.5, 0.6) is 5.75 Å². The molecule has 1 unspecified atom stereocenters. The highest BCUT2D eigenvalue weighted by Gasteiger charge is 2.26. The van der Waals surface area contributed by atoms with Gasteiger partial charge in [0.1, 0.15) is 18.5 Å². The number of benzene rings is 1. The van der Waals surface area contributed by atoms with Crippen molar-refractivity contribution in [3.63, 3.8) is 0 Å². The van der Waals surface area contributed by atoms with E-state index in [1.54, 1.807) is 24.3 Å². The molecular weight excluding hydrogens is 268 g/mol. The molecule has 1 aliphatic carbocycles. The van der Waals surface area contributed by atoms with Crippen molar-refractivity contribution in [2.75, 3.05) is 32.0 Å². The monoisotopic (exact) mass is 294 g/mol. The fourth-order valence-electron chi connectivity index (χ4n) is 2.53. The summed E-state index contributed by atoms with van der Waals surface area (Å²) in [5.41, 5.74) is 6.32. The van der Waals surface area contributed by atoms with Gasteiger partial charge in [0, 0.05) is 31.4 Å². The van der Waals surface area contributed by atoms with E-state index in [-0.39, 0.29) is 13.2 Å². The zero-order valence-electron chi connectivity index (χ0n) is 12.4. The van der Waals surface area contributed by atoms with E-state index in [2.05, 4.69) is 4.90 Å². The van der Waals surface area contributed by atoms with Crippen LogP contribution in [0.2, 0.25) is 0 Å². The van der Waals surface area contributed by atoms with Crippen molar-refractivity contribution < 1.29 is 14.9 Å². The van der Waals surface area contributed by atoms with Gasteiger partial charge in [-0.05, 0) is 43.5 Å². The Kier molecular flexibility index (Phi) is 6.29. The highest BCUT2D eigenvalue weighted by molar-refractivity contribution is 5.41. The Morgan fingerprint density at radius 1 is 1.29 bits per heavy atom. The van der Waals surface area contributed by atoms with Crippen LogP contribution in [0.15, 0.2) is 24.3 Å². The molecule has 0 heterocycles. The number of nitrogens with two attached hydrogens (primary N) is 1. The van der Waals surface area contributed by atoms with Crippen molar-refractivity contribution in [3.05, 3.63) is 24.3 Å². The topological polar surface area (TPSA) is 79.0 Å². The van der Waals surface area contributed by atoms with E-state index in [1.807, 2.05) is 0 Å². The van der Waals surface area contributed by atoms with Crippen LogP contribution < -0.4 is 10.5 Å². The number of hydrogen-bond donors (Lipinski definition) is 3. The van der Waals surface area contributed by atoms with Crippen LogP contribution >= 0.6 is 0 Å². The lowest BCUT2D eigenvalue weighted by molar-refractivity contribution is 0.0310. The Balaban J connectivity index is 1.75. The summed E-state index contributed by atoms with van der Waals surface area (Å²) in [5.74, 6) is 0.716. The molecule has 21 heavy (non-hydrogen) atoms. The minimum Gasteiger partial charge on any atom is -0.491 e. The molecular formula is C16H26N2O3. The first-order valence-electron chi connectivity index (χ1n) is 7.70. The van der Waals surface area contributed by atoms with Crippen LogP contribution in [0, 0.1) is 0 Å². The van der Waals surface area contributed by atoms with Gasteiger partial charge in [-0.15, -0.1) is 0 Å². The fraction of sp³-hybridized carbons (Fsp3) is 0.625. The summed E-state index contributed by atoms with van der Waals surface area (Å²) in [4.78, 5) is 2.27. The van der Waals surface area contributed by atoms with Gasteiger partial charge < -0.3 is 20.7 Å². The first-order chi connectivity index (χ1) is 10.2. The molecule has 5 nitrogen and oxygen atoms in total. The van der Waals surface area contributed by atoms with E-state index in [0.717, 1.165) is 13.0 Å². The Labute approximate surface area is 126 Å². The van der Waals surface area contributed by atoms with Gasteiger partial charge in [-0.2, -0.15) is 0 Å². The zero-order chi connectivity index (χ0) is 15.1. The number of ether oxygens (including phenoxy) is 1. The number of aliphatic hydroxyl groups is 2. The van der Waals surface area contributed by atoms with Gasteiger partial charge in [-0.25, -0.2) is 0 Å². The highest BCUT2D eigenvalue weighted by atomic mass is 16.5. The smallest absolute Gasteiger partial charge is 0.119 e. The van der Waals surface area contributed by atoms with E-state index in [0.29, 0.717) is 24.0 Å². The Morgan fingerprint density at radius 2 is 2.00 bits per heavy atom. The number of anilines is 1. The van der Waals surface area contributed by atoms with E-state index < -0.39 is 6.10 Å². The van der Waals surface area contributed by atoms with Crippen LogP contribution in [0.3, 0.4) is 0 Å². The molecule has 5 heteroatoms. The van der Waals surface area contributed by atoms with Crippen molar-refractivity contribution in [1.82, 2.24) is 4.90 Å². The van der Waals surface area contributed by atoms with Crippen LogP contribution in [0.4, 0.5) is 5.69 Å². The van der Waals surface area contributed by atoms with Crippen molar-refractivity contribution in [2.24, 2.45) is 0 Å². The third kappa shape index (κ3) is 5.19. The summed E-state index contributed by atoms with van der Waals surface area (Å²) in [5, 5.41) is 19.1. The minimum atomic E-state index is -0.526. The van der Waals surface area contributed by atoms with Gasteiger partial charge in [0.05, 0.1) is 0 Å². The molecule has 4 N–H and O–H groups in total. The third-order valence-corrected chi connectivity index (χ3v) is 3.96. The lowest BCUT2D eigenvalue weighted by Gasteiger charge is -2.38. The molecule has 1 aromatic rings. The largest absolute Gasteiger partial charge is 0.491 e. The lowest BCUT2D eigenvalue weighted by Crippen LogP contribution is -2.46. The molecule has 0 aromatic heterocycles. The number of nitrogen functional groups attached to an aromatic ring is 1. The van der Waals surface area contributed by atoms with Gasteiger partial charge in [0.25, 0.3) is 0 Å². The maximum absolute atomic E-state index is 10.1. The summed E-state index contributed by atoms with van der Waals surface area (Å²) in [6.45, 7) is 1.90. The normalized spacial score (nSPS) is 16.7. The van der Waals surface area contributed by atoms with Crippen molar-refractivity contribution in [1.29, 1.82) is 0 Å². The number of nitrogens with zero attached hydrogens (tertiary/aromatic N) is 1. The average Bonchev–Trinajstić information content (AvgIpc) is 2.42. The minimum absolute atomic E-state index is 0.196. The van der Waals surface area contributed by atoms with E-state index in [9.17, 15) is 5.11 Å². The molecule has 0 bridgehead atoms. The molecule has 1 aliphatic rings. The van der Waals surface area contributed by atoms with Gasteiger partial charge in [-0.3, -0.25) is 4.90 Å². The second-order valence-corrected chi connectivity index (χ2v) is 5.69. The predicted molar refractivity (Wildman–Crippen MR) is 83.3 cm³/mol. The number of hydrogen-bond acceptors (Lipinski definition) is 5. The first kappa shape index (κ1) is 16.1. The van der Waals surface area contributed by atoms with Crippen LogP contribution in [0.1, 0.15) is 25.7 Å². The molecule has 118 valence electrons. The number of aliphatic hydroxyl groups excluding tert-OH is 2. The molecule has 0 radical (unpaired) electrons. The lowest BCUT2D eigenvalue weighted by atomic mass is 9.91. The molecule has 1 fully saturated rings. The molecule has 0 spiro atoms. The SMILES string of the molecule is Nc1ccc(OCC(O)CN(CCCO)C2CCC2)cc1. The zero-order valence-corrected chi connectivity index (χ0v) is 12.4. The first-order valence-corrected chi connectivity index (χ1v) is 7.70. The summed E-state index contributed by atoms with van der Waals surface area (Å²) < 4.78 is 5.58. The van der Waals surface area contributed by atoms with Crippen molar-refractivity contribution in [3.8, 4) is 5.75 Å². The highest BCUT2D eigenvalue weighted by Crippen LogP contribution is 2.25. The molecule has 1 aromatic carbocycles. The maximum atomic E-state index is 10.1. The van der Waals surface area contributed by atoms with E-state index in [1.165, 1.54) is 19.3 Å². The quantitative estimate of drug-likeness (QED) is 0.597. The number of rotatable bonds is 9. The van der Waals surface area contributed by atoms with Crippen molar-refractivity contribution >= 4 is 5.69 Å². The van der Waals surface area contributed by atoms with Gasteiger partial charge in [-0.1, -0.05) is 6.42 Å². The van der Waals surface area contributed by atoms with Gasteiger partial charge in [0.2, 0.25) is 0 Å². The Bertz CT molecular complexity index is 406. The van der Waals surface area contributed by atoms with E-state index >= 15 is 0 Å². The van der Waals surface area contributed by atoms with E-state index in [4.69, 9.17) is 15.6 Å². The summed E-state index contributed by atoms with van der Waals surface area (Å²) in [6, 6.07) is 7.73. The fourth-order valence-corrected chi connectivity index (χ4v) is 2.53. The summed E-state index contributed by atoms with van der Waals surface area (Å²) in [7, 11) is 0. The molecule has 0 saturated heterocycles. The van der Waals surface area contributed by atoms with Gasteiger partial charge in [0.15, 0.2) is 0 Å². The summed E-state index contributed by atoms with van der Waals surface area (Å²) in [6.07, 6.45) is 3.87. The van der Waals surface area contributed by atoms with Crippen molar-refractivity contribution in [2.45, 2.75) is 37.8 Å². The summed E-state index contributed by atoms with van der Waals surface area (Å²) >= 11 is 0. The van der Waals surface area contributed by atoms with Crippen LogP contribution in [-0.4, -0.2) is 53.6 Å². The molecule has 0 aliphatic heterocycles. The molecule has 1 saturated carbocycles. The second-order valence-electron chi connectivity index (χ2n) is 5.69. The Morgan fingerprint density at radius 3 is 2.57 bits per heavy atom. The second kappa shape index (κ2) is 8.22. The molecule has 2 rings (SSSR count). The predicted octanol–water partition coefficient (Wildman–Crippen LogP) is 1.25. The van der Waals surface area contributed by atoms with Gasteiger partial charge >= 0.3 is 0 Å². The molecule has 0 amide bonds. The maximum Gasteiger partial charge on any atom is 0.119 e.